The van der Waals surface area contributed by atoms with Gasteiger partial charge in [0.1, 0.15) is 9.28 Å². The maximum atomic E-state index is 5.97. The zero-order chi connectivity index (χ0) is 28.2. The van der Waals surface area contributed by atoms with Gasteiger partial charge in [-0.3, -0.25) is 0 Å². The van der Waals surface area contributed by atoms with Crippen molar-refractivity contribution in [1.29, 1.82) is 0 Å². The van der Waals surface area contributed by atoms with Crippen molar-refractivity contribution in [3.63, 3.8) is 0 Å². The van der Waals surface area contributed by atoms with Crippen LogP contribution < -0.4 is 0 Å². The van der Waals surface area contributed by atoms with Gasteiger partial charge in [0.2, 0.25) is 0 Å². The molecule has 4 heterocycles. The van der Waals surface area contributed by atoms with E-state index in [9.17, 15) is 0 Å². The summed E-state index contributed by atoms with van der Waals surface area (Å²) >= 11 is 24.8. The summed E-state index contributed by atoms with van der Waals surface area (Å²) in [5.74, 6) is 2.25. The smallest absolute Gasteiger partial charge is 0.107 e. The molecular formula is C29H42N2O2S6. The fourth-order valence-corrected chi connectivity index (χ4v) is 9.04. The molecule has 0 amide bonds. The first-order valence-corrected chi connectivity index (χ1v) is 17.5. The Bertz CT molecular complexity index is 1190. The number of hydrogen-bond donors (Lipinski definition) is 2. The standard InChI is InChI=1S/C29H42N2O2S6/c1-28(2,18-30-24(34)16-22-20(26(30)36)6-14-38-22)8-12-32-10-5-11-33-13-9-29(3,4)19-31-25(35)17-23-21(27(31)37)7-15-39-23/h16-17,36-37H,5-15,18-19H2,1-4H3. The molecule has 4 nitrogen and oxygen atoms in total. The van der Waals surface area contributed by atoms with Crippen molar-refractivity contribution >= 4 is 73.2 Å². The molecule has 0 N–H and O–H groups in total. The first kappa shape index (κ1) is 32.0. The summed E-state index contributed by atoms with van der Waals surface area (Å²) in [5.41, 5.74) is 2.85. The monoisotopic (exact) mass is 642 g/mol. The number of rotatable bonds is 14. The Kier molecular flexibility index (Phi) is 11.5. The van der Waals surface area contributed by atoms with E-state index in [1.54, 1.807) is 0 Å². The van der Waals surface area contributed by atoms with Gasteiger partial charge in [0.25, 0.3) is 0 Å². The third-order valence-corrected chi connectivity index (χ3v) is 11.4. The van der Waals surface area contributed by atoms with Crippen molar-refractivity contribution < 1.29 is 9.47 Å². The second-order valence-electron chi connectivity index (χ2n) is 12.1. The van der Waals surface area contributed by atoms with Gasteiger partial charge in [-0.2, -0.15) is 0 Å². The minimum atomic E-state index is 0.0746. The number of ether oxygens (including phenoxy) is 2. The lowest BCUT2D eigenvalue weighted by Crippen LogP contribution is -2.24. The van der Waals surface area contributed by atoms with Crippen LogP contribution in [0.3, 0.4) is 0 Å². The summed E-state index contributed by atoms with van der Waals surface area (Å²) in [4.78, 5) is 2.62. The minimum absolute atomic E-state index is 0.0746. The molecule has 2 aliphatic heterocycles. The highest BCUT2D eigenvalue weighted by Crippen LogP contribution is 2.38. The van der Waals surface area contributed by atoms with Crippen LogP contribution in [-0.2, 0) is 35.4 Å². The van der Waals surface area contributed by atoms with E-state index >= 15 is 0 Å². The molecule has 0 spiro atoms. The molecule has 216 valence electrons. The zero-order valence-electron chi connectivity index (χ0n) is 23.6. The van der Waals surface area contributed by atoms with Crippen molar-refractivity contribution in [2.24, 2.45) is 10.8 Å². The largest absolute Gasteiger partial charge is 0.381 e. The molecule has 0 saturated carbocycles. The number of thioether (sulfide) groups is 2. The van der Waals surface area contributed by atoms with E-state index < -0.39 is 0 Å². The van der Waals surface area contributed by atoms with Gasteiger partial charge in [0.05, 0.1) is 10.1 Å². The van der Waals surface area contributed by atoms with Crippen molar-refractivity contribution in [2.75, 3.05) is 37.9 Å². The molecular weight excluding hydrogens is 601 g/mol. The van der Waals surface area contributed by atoms with Crippen LogP contribution in [0.5, 0.6) is 0 Å². The van der Waals surface area contributed by atoms with Crippen molar-refractivity contribution in [1.82, 2.24) is 9.13 Å². The van der Waals surface area contributed by atoms with E-state index in [0.29, 0.717) is 0 Å². The van der Waals surface area contributed by atoms with Gasteiger partial charge in [-0.05, 0) is 66.2 Å². The Morgan fingerprint density at radius 1 is 0.744 bits per heavy atom. The summed E-state index contributed by atoms with van der Waals surface area (Å²) in [5, 5.41) is 2.08. The summed E-state index contributed by atoms with van der Waals surface area (Å²) in [6.07, 6.45) is 5.01. The van der Waals surface area contributed by atoms with Crippen LogP contribution in [0.25, 0.3) is 0 Å². The maximum Gasteiger partial charge on any atom is 0.107 e. The molecule has 0 aromatic carbocycles. The summed E-state index contributed by atoms with van der Waals surface area (Å²) in [7, 11) is 0. The Balaban J connectivity index is 1.12. The first-order chi connectivity index (χ1) is 18.5. The molecule has 0 atom stereocenters. The fraction of sp³-hybridized carbons (Fsp3) is 0.655. The van der Waals surface area contributed by atoms with E-state index in [1.165, 1.54) is 20.9 Å². The molecule has 2 aromatic heterocycles. The predicted octanol–water partition coefficient (Wildman–Crippen LogP) is 8.58. The van der Waals surface area contributed by atoms with Crippen LogP contribution in [0.1, 0.15) is 58.1 Å². The van der Waals surface area contributed by atoms with E-state index in [2.05, 4.69) is 49.0 Å². The SMILES string of the molecule is CC(C)(CCOCCCOCCC(C)(C)Cn1c(S)c2c(cc1=S)SCC2)Cn1c(S)c2c(cc1=S)SCC2. The molecule has 0 unspecified atom stereocenters. The third-order valence-electron chi connectivity index (χ3n) is 7.50. The lowest BCUT2D eigenvalue weighted by molar-refractivity contribution is 0.0568. The quantitative estimate of drug-likeness (QED) is 0.122. The highest BCUT2D eigenvalue weighted by atomic mass is 32.2. The minimum Gasteiger partial charge on any atom is -0.381 e. The average molecular weight is 643 g/mol. The molecule has 0 fully saturated rings. The summed E-state index contributed by atoms with van der Waals surface area (Å²) in [6.45, 7) is 13.8. The van der Waals surface area contributed by atoms with Crippen LogP contribution in [0, 0.1) is 20.1 Å². The number of pyridine rings is 2. The Hall–Kier alpha value is 0.0600. The lowest BCUT2D eigenvalue weighted by atomic mass is 9.89. The number of aromatic nitrogens is 2. The molecule has 2 aromatic rings. The summed E-state index contributed by atoms with van der Waals surface area (Å²) < 4.78 is 18.1. The van der Waals surface area contributed by atoms with Gasteiger partial charge >= 0.3 is 0 Å². The van der Waals surface area contributed by atoms with Gasteiger partial charge < -0.3 is 18.6 Å². The molecule has 2 aliphatic rings. The van der Waals surface area contributed by atoms with Crippen LogP contribution in [0.2, 0.25) is 0 Å². The van der Waals surface area contributed by atoms with Gasteiger partial charge in [0.15, 0.2) is 0 Å². The summed E-state index contributed by atoms with van der Waals surface area (Å²) in [6, 6.07) is 4.30. The Morgan fingerprint density at radius 3 is 1.56 bits per heavy atom. The number of nitrogens with zero attached hydrogens (tertiary/aromatic N) is 2. The highest BCUT2D eigenvalue weighted by molar-refractivity contribution is 8.00. The van der Waals surface area contributed by atoms with Crippen molar-refractivity contribution in [3.8, 4) is 0 Å². The topological polar surface area (TPSA) is 28.3 Å². The van der Waals surface area contributed by atoms with Gasteiger partial charge in [-0.15, -0.1) is 48.8 Å². The second kappa shape index (κ2) is 14.0. The molecule has 0 radical (unpaired) electrons. The molecule has 10 heteroatoms. The Labute approximate surface area is 264 Å². The second-order valence-corrected chi connectivity index (χ2v) is 16.0. The van der Waals surface area contributed by atoms with Crippen LogP contribution >= 0.6 is 73.2 Å². The molecule has 0 bridgehead atoms. The van der Waals surface area contributed by atoms with Gasteiger partial charge in [0, 0.05) is 60.8 Å². The molecule has 4 rings (SSSR count). The number of fused-ring (bicyclic) bond motifs is 2. The molecule has 0 saturated heterocycles. The molecule has 0 aliphatic carbocycles. The highest BCUT2D eigenvalue weighted by Gasteiger charge is 2.24. The normalized spacial score (nSPS) is 15.1. The lowest BCUT2D eigenvalue weighted by Gasteiger charge is -2.28. The fourth-order valence-electron chi connectivity index (χ4n) is 5.05. The van der Waals surface area contributed by atoms with Crippen LogP contribution in [0.4, 0.5) is 0 Å². The number of thiol groups is 2. The zero-order valence-corrected chi connectivity index (χ0v) is 28.6. The third kappa shape index (κ3) is 8.55. The van der Waals surface area contributed by atoms with Crippen molar-refractivity contribution in [3.05, 3.63) is 32.5 Å². The van der Waals surface area contributed by atoms with Crippen molar-refractivity contribution in [2.45, 2.75) is 92.7 Å². The number of hydrogen-bond acceptors (Lipinski definition) is 8. The van der Waals surface area contributed by atoms with E-state index in [0.717, 1.165) is 102 Å². The van der Waals surface area contributed by atoms with E-state index in [-0.39, 0.29) is 10.8 Å². The van der Waals surface area contributed by atoms with Gasteiger partial charge in [-0.1, -0.05) is 52.1 Å². The van der Waals surface area contributed by atoms with Crippen LogP contribution in [-0.4, -0.2) is 47.1 Å². The maximum absolute atomic E-state index is 5.97. The Morgan fingerprint density at radius 2 is 1.15 bits per heavy atom. The molecule has 39 heavy (non-hydrogen) atoms. The van der Waals surface area contributed by atoms with Crippen LogP contribution in [0.15, 0.2) is 32.0 Å². The first-order valence-electron chi connectivity index (χ1n) is 13.8. The van der Waals surface area contributed by atoms with E-state index in [1.807, 2.05) is 23.5 Å². The predicted molar refractivity (Wildman–Crippen MR) is 177 cm³/mol. The van der Waals surface area contributed by atoms with Gasteiger partial charge in [-0.25, -0.2) is 0 Å². The average Bonchev–Trinajstić information content (AvgIpc) is 3.53. The van der Waals surface area contributed by atoms with E-state index in [4.69, 9.17) is 59.2 Å².